The van der Waals surface area contributed by atoms with Gasteiger partial charge in [-0.3, -0.25) is 4.79 Å². The summed E-state index contributed by atoms with van der Waals surface area (Å²) < 4.78 is 5.08. The van der Waals surface area contributed by atoms with E-state index in [1.54, 1.807) is 37.3 Å². The number of ether oxygens (including phenoxy) is 1. The molecule has 0 heterocycles. The summed E-state index contributed by atoms with van der Waals surface area (Å²) in [6.45, 7) is 1.94. The Hall–Kier alpha value is -2.11. The van der Waals surface area contributed by atoms with E-state index >= 15 is 0 Å². The molecule has 0 spiro atoms. The molecule has 0 radical (unpaired) electrons. The molecule has 2 N–H and O–H groups in total. The zero-order valence-electron chi connectivity index (χ0n) is 13.5. The van der Waals surface area contributed by atoms with E-state index in [1.165, 1.54) is 7.11 Å². The summed E-state index contributed by atoms with van der Waals surface area (Å²) in [6, 6.07) is 6.89. The largest absolute Gasteiger partial charge is 0.481 e. The van der Waals surface area contributed by atoms with Crippen molar-refractivity contribution in [3.8, 4) is 0 Å². The van der Waals surface area contributed by atoms with Crippen LogP contribution in [0.1, 0.15) is 25.3 Å². The van der Waals surface area contributed by atoms with Gasteiger partial charge in [-0.15, -0.1) is 0 Å². The number of carbonyl (C=O) groups is 2. The molecule has 0 amide bonds. The van der Waals surface area contributed by atoms with Gasteiger partial charge in [0.15, 0.2) is 0 Å². The molecule has 1 unspecified atom stereocenters. The van der Waals surface area contributed by atoms with E-state index in [9.17, 15) is 19.8 Å². The molecule has 0 aromatic heterocycles. The Morgan fingerprint density at radius 2 is 1.88 bits per heavy atom. The molecule has 6 heteroatoms. The van der Waals surface area contributed by atoms with Gasteiger partial charge in [-0.25, -0.2) is 4.79 Å². The number of hydrogen-bond donors (Lipinski definition) is 2. The molecule has 1 aliphatic rings. The third-order valence-electron chi connectivity index (χ3n) is 4.31. The zero-order valence-corrected chi connectivity index (χ0v) is 14.3. The number of hydrogen-bond acceptors (Lipinski definition) is 3. The van der Waals surface area contributed by atoms with E-state index < -0.39 is 17.4 Å². The van der Waals surface area contributed by atoms with Gasteiger partial charge in [0.1, 0.15) is 0 Å². The van der Waals surface area contributed by atoms with Crippen LogP contribution in [-0.4, -0.2) is 35.9 Å². The van der Waals surface area contributed by atoms with Crippen LogP contribution in [0.2, 0.25) is 5.02 Å². The maximum absolute atomic E-state index is 12.2. The Bertz CT molecular complexity index is 717. The van der Waals surface area contributed by atoms with Gasteiger partial charge in [0, 0.05) is 24.3 Å². The van der Waals surface area contributed by atoms with Crippen LogP contribution in [0.25, 0.3) is 5.57 Å². The Balaban J connectivity index is 2.68. The highest BCUT2D eigenvalue weighted by Crippen LogP contribution is 2.49. The molecule has 2 rings (SSSR count). The van der Waals surface area contributed by atoms with Gasteiger partial charge < -0.3 is 14.9 Å². The first-order chi connectivity index (χ1) is 11.3. The van der Waals surface area contributed by atoms with E-state index in [0.717, 1.165) is 5.56 Å². The normalized spacial score (nSPS) is 20.7. The maximum Gasteiger partial charge on any atom is 0.331 e. The minimum atomic E-state index is -1.35. The van der Waals surface area contributed by atoms with Crippen LogP contribution in [0, 0.1) is 5.41 Å². The van der Waals surface area contributed by atoms with Crippen molar-refractivity contribution in [3.05, 3.63) is 52.1 Å². The monoisotopic (exact) mass is 350 g/mol. The van der Waals surface area contributed by atoms with Gasteiger partial charge in [0.2, 0.25) is 0 Å². The van der Waals surface area contributed by atoms with Crippen molar-refractivity contribution < 1.29 is 24.5 Å². The number of carboxylic acids is 2. The zero-order chi connectivity index (χ0) is 17.9. The van der Waals surface area contributed by atoms with E-state index in [0.29, 0.717) is 16.2 Å². The first kappa shape index (κ1) is 18.2. The van der Waals surface area contributed by atoms with Crippen LogP contribution < -0.4 is 0 Å². The molecular weight excluding hydrogens is 332 g/mol. The summed E-state index contributed by atoms with van der Waals surface area (Å²) in [4.78, 5) is 23.7. The van der Waals surface area contributed by atoms with Crippen molar-refractivity contribution in [1.29, 1.82) is 0 Å². The molecule has 0 bridgehead atoms. The summed E-state index contributed by atoms with van der Waals surface area (Å²) in [7, 11) is 1.49. The highest BCUT2D eigenvalue weighted by molar-refractivity contribution is 6.30. The Kier molecular flexibility index (Phi) is 5.47. The highest BCUT2D eigenvalue weighted by Gasteiger charge is 2.46. The quantitative estimate of drug-likeness (QED) is 0.818. The molecular formula is C18H19ClO5. The molecule has 128 valence electrons. The number of halogens is 1. The van der Waals surface area contributed by atoms with Crippen LogP contribution >= 0.6 is 11.6 Å². The number of aliphatic carboxylic acids is 2. The predicted molar refractivity (Wildman–Crippen MR) is 90.9 cm³/mol. The minimum Gasteiger partial charge on any atom is -0.481 e. The number of carboxylic acid groups (broad SMARTS) is 2. The fourth-order valence-electron chi connectivity index (χ4n) is 3.21. The second-order valence-corrected chi connectivity index (χ2v) is 6.28. The molecule has 0 aliphatic heterocycles. The maximum atomic E-state index is 12.2. The number of allylic oxidation sites excluding steroid dienone is 2. The molecule has 1 aromatic carbocycles. The molecule has 5 nitrogen and oxygen atoms in total. The molecule has 24 heavy (non-hydrogen) atoms. The summed E-state index contributed by atoms with van der Waals surface area (Å²) in [6.07, 6.45) is 1.63. The van der Waals surface area contributed by atoms with Gasteiger partial charge in [-0.2, -0.15) is 0 Å². The lowest BCUT2D eigenvalue weighted by molar-refractivity contribution is -0.146. The van der Waals surface area contributed by atoms with Gasteiger partial charge >= 0.3 is 11.9 Å². The average molecular weight is 351 g/mol. The fraction of sp³-hybridized carbons (Fsp3) is 0.333. The molecule has 0 saturated carbocycles. The van der Waals surface area contributed by atoms with Crippen molar-refractivity contribution in [2.45, 2.75) is 19.8 Å². The first-order valence-corrected chi connectivity index (χ1v) is 7.83. The second-order valence-electron chi connectivity index (χ2n) is 5.85. The lowest BCUT2D eigenvalue weighted by atomic mass is 9.66. The Labute approximate surface area is 145 Å². The molecule has 0 saturated heterocycles. The SMILES string of the molecule is COCCC1(C(=O)O)CC(C(=O)O)=CC(C)=C1c1ccc(Cl)cc1. The first-order valence-electron chi connectivity index (χ1n) is 7.45. The van der Waals surface area contributed by atoms with Crippen LogP contribution in [0.4, 0.5) is 0 Å². The van der Waals surface area contributed by atoms with Crippen LogP contribution in [-0.2, 0) is 14.3 Å². The van der Waals surface area contributed by atoms with Crippen molar-refractivity contribution in [3.63, 3.8) is 0 Å². The Morgan fingerprint density at radius 3 is 2.38 bits per heavy atom. The summed E-state index contributed by atoms with van der Waals surface area (Å²) in [5.74, 6) is -2.16. The summed E-state index contributed by atoms with van der Waals surface area (Å²) >= 11 is 5.93. The lowest BCUT2D eigenvalue weighted by Crippen LogP contribution is -2.37. The summed E-state index contributed by atoms with van der Waals surface area (Å²) in [5.41, 5.74) is 0.684. The van der Waals surface area contributed by atoms with Gasteiger partial charge in [-0.1, -0.05) is 23.7 Å². The van der Waals surface area contributed by atoms with Crippen molar-refractivity contribution in [2.24, 2.45) is 5.41 Å². The second kappa shape index (κ2) is 7.20. The third kappa shape index (κ3) is 3.37. The number of rotatable bonds is 6. The fourth-order valence-corrected chi connectivity index (χ4v) is 3.34. The molecule has 1 aliphatic carbocycles. The van der Waals surface area contributed by atoms with Crippen LogP contribution in [0.3, 0.4) is 0 Å². The summed E-state index contributed by atoms with van der Waals surface area (Å²) in [5, 5.41) is 19.9. The van der Waals surface area contributed by atoms with Crippen molar-refractivity contribution in [2.75, 3.05) is 13.7 Å². The minimum absolute atomic E-state index is 0.0868. The van der Waals surface area contributed by atoms with E-state index in [1.807, 2.05) is 0 Å². The van der Waals surface area contributed by atoms with Crippen LogP contribution in [0.5, 0.6) is 0 Å². The standard InChI is InChI=1S/C18H19ClO5/c1-11-9-13(16(20)21)10-18(17(22)23,7-8-24-2)15(11)12-3-5-14(19)6-4-12/h3-6,9H,7-8,10H2,1-2H3,(H,20,21)(H,22,23). The van der Waals surface area contributed by atoms with E-state index in [4.69, 9.17) is 16.3 Å². The Morgan fingerprint density at radius 1 is 1.25 bits per heavy atom. The molecule has 0 fully saturated rings. The van der Waals surface area contributed by atoms with E-state index in [-0.39, 0.29) is 25.0 Å². The lowest BCUT2D eigenvalue weighted by Gasteiger charge is -2.36. The molecule has 1 aromatic rings. The van der Waals surface area contributed by atoms with Crippen molar-refractivity contribution >= 4 is 29.1 Å². The third-order valence-corrected chi connectivity index (χ3v) is 4.56. The smallest absolute Gasteiger partial charge is 0.331 e. The number of methoxy groups -OCH3 is 1. The van der Waals surface area contributed by atoms with Crippen LogP contribution in [0.15, 0.2) is 41.5 Å². The van der Waals surface area contributed by atoms with Gasteiger partial charge in [0.25, 0.3) is 0 Å². The average Bonchev–Trinajstić information content (AvgIpc) is 2.53. The predicted octanol–water partition coefficient (Wildman–Crippen LogP) is 3.64. The number of benzene rings is 1. The van der Waals surface area contributed by atoms with Gasteiger partial charge in [-0.05, 0) is 54.7 Å². The highest BCUT2D eigenvalue weighted by atomic mass is 35.5. The van der Waals surface area contributed by atoms with E-state index in [2.05, 4.69) is 0 Å². The topological polar surface area (TPSA) is 83.8 Å². The molecule has 1 atom stereocenters. The van der Waals surface area contributed by atoms with Crippen molar-refractivity contribution in [1.82, 2.24) is 0 Å². The van der Waals surface area contributed by atoms with Gasteiger partial charge in [0.05, 0.1) is 5.41 Å².